The van der Waals surface area contributed by atoms with Crippen LogP contribution in [0.15, 0.2) is 4.99 Å². The summed E-state index contributed by atoms with van der Waals surface area (Å²) in [5.74, 6) is -4.69. The van der Waals surface area contributed by atoms with Gasteiger partial charge in [0.2, 0.25) is 17.7 Å². The number of nitrogens with two attached hydrogens (primary N) is 4. The summed E-state index contributed by atoms with van der Waals surface area (Å²) < 4.78 is 0. The third-order valence-electron chi connectivity index (χ3n) is 5.48. The highest BCUT2D eigenvalue weighted by molar-refractivity contribution is 5.94. The Morgan fingerprint density at radius 1 is 0.789 bits per heavy atom. The van der Waals surface area contributed by atoms with Crippen molar-refractivity contribution in [1.29, 1.82) is 0 Å². The number of carboxylic acids is 2. The number of unbranched alkanes of at least 4 members (excludes halogenated alkanes) is 1. The number of nitrogens with one attached hydrogen (secondary N) is 3. The van der Waals surface area contributed by atoms with Gasteiger partial charge in [-0.15, -0.1) is 0 Å². The molecular formula is C23H44N8O7. The van der Waals surface area contributed by atoms with Crippen LogP contribution in [0.2, 0.25) is 0 Å². The molecule has 218 valence electrons. The Kier molecular flexibility index (Phi) is 17.0. The Hall–Kier alpha value is -3.46. The van der Waals surface area contributed by atoms with Crippen molar-refractivity contribution < 1.29 is 34.2 Å². The van der Waals surface area contributed by atoms with Gasteiger partial charge in [-0.25, -0.2) is 4.79 Å². The summed E-state index contributed by atoms with van der Waals surface area (Å²) in [6.45, 7) is 4.31. The molecular weight excluding hydrogens is 500 g/mol. The largest absolute Gasteiger partial charge is 0.481 e. The molecule has 4 atom stereocenters. The van der Waals surface area contributed by atoms with E-state index in [4.69, 9.17) is 28.0 Å². The van der Waals surface area contributed by atoms with Gasteiger partial charge in [0, 0.05) is 13.0 Å². The van der Waals surface area contributed by atoms with Crippen LogP contribution in [0.5, 0.6) is 0 Å². The fourth-order valence-electron chi connectivity index (χ4n) is 3.50. The average Bonchev–Trinajstić information content (AvgIpc) is 2.81. The Bertz CT molecular complexity index is 818. The van der Waals surface area contributed by atoms with Gasteiger partial charge in [0.1, 0.15) is 18.1 Å². The number of aliphatic carboxylic acids is 2. The topological polar surface area (TPSA) is 278 Å². The molecule has 3 amide bonds. The van der Waals surface area contributed by atoms with Gasteiger partial charge in [0.15, 0.2) is 5.96 Å². The zero-order chi connectivity index (χ0) is 29.3. The predicted molar refractivity (Wildman–Crippen MR) is 141 cm³/mol. The van der Waals surface area contributed by atoms with Gasteiger partial charge in [-0.1, -0.05) is 13.8 Å². The van der Waals surface area contributed by atoms with E-state index in [9.17, 15) is 29.1 Å². The molecule has 0 spiro atoms. The first-order chi connectivity index (χ1) is 17.8. The van der Waals surface area contributed by atoms with Crippen molar-refractivity contribution in [3.8, 4) is 0 Å². The monoisotopic (exact) mass is 544 g/mol. The summed E-state index contributed by atoms with van der Waals surface area (Å²) in [7, 11) is 0. The van der Waals surface area contributed by atoms with Crippen LogP contribution in [0, 0.1) is 5.92 Å². The van der Waals surface area contributed by atoms with Crippen molar-refractivity contribution in [2.45, 2.75) is 89.4 Å². The number of guanidine groups is 1. The van der Waals surface area contributed by atoms with Crippen LogP contribution >= 0.6 is 0 Å². The zero-order valence-corrected chi connectivity index (χ0v) is 22.2. The van der Waals surface area contributed by atoms with Gasteiger partial charge < -0.3 is 49.1 Å². The van der Waals surface area contributed by atoms with Crippen molar-refractivity contribution in [3.63, 3.8) is 0 Å². The fourth-order valence-corrected chi connectivity index (χ4v) is 3.50. The molecule has 4 unspecified atom stereocenters. The molecule has 38 heavy (non-hydrogen) atoms. The quantitative estimate of drug-likeness (QED) is 0.0456. The summed E-state index contributed by atoms with van der Waals surface area (Å²) >= 11 is 0. The van der Waals surface area contributed by atoms with E-state index in [1.54, 1.807) is 0 Å². The normalized spacial score (nSPS) is 14.0. The Balaban J connectivity index is 5.56. The van der Waals surface area contributed by atoms with Gasteiger partial charge in [-0.05, 0) is 57.4 Å². The second-order valence-electron chi connectivity index (χ2n) is 9.42. The van der Waals surface area contributed by atoms with Crippen molar-refractivity contribution in [1.82, 2.24) is 16.0 Å². The number of carboxylic acid groups (broad SMARTS) is 2. The van der Waals surface area contributed by atoms with Crippen molar-refractivity contribution in [2.75, 3.05) is 13.1 Å². The third-order valence-corrected chi connectivity index (χ3v) is 5.48. The minimum atomic E-state index is -1.36. The first-order valence-electron chi connectivity index (χ1n) is 12.6. The SMILES string of the molecule is CC(C)CC(N)C(=O)NC(CCCCN)C(=O)NC(CCC(=O)O)C(=O)NC(CCCN=C(N)N)C(=O)O. The number of nitrogens with zero attached hydrogens (tertiary/aromatic N) is 1. The van der Waals surface area contributed by atoms with Crippen LogP contribution in [0.1, 0.15) is 65.2 Å². The number of amides is 3. The number of rotatable bonds is 20. The molecule has 0 heterocycles. The van der Waals surface area contributed by atoms with E-state index in [1.807, 2.05) is 13.8 Å². The minimum absolute atomic E-state index is 0.0110. The highest BCUT2D eigenvalue weighted by Crippen LogP contribution is 2.08. The van der Waals surface area contributed by atoms with Crippen molar-refractivity contribution >= 4 is 35.6 Å². The predicted octanol–water partition coefficient (Wildman–Crippen LogP) is -2.05. The number of carbonyl (C=O) groups is 5. The molecule has 0 aromatic carbocycles. The van der Waals surface area contributed by atoms with Gasteiger partial charge >= 0.3 is 11.9 Å². The minimum Gasteiger partial charge on any atom is -0.481 e. The van der Waals surface area contributed by atoms with Crippen LogP contribution in [-0.2, 0) is 24.0 Å². The Labute approximate surface area is 222 Å². The Morgan fingerprint density at radius 2 is 1.32 bits per heavy atom. The van der Waals surface area contributed by atoms with Gasteiger partial charge in [-0.3, -0.25) is 24.2 Å². The molecule has 0 aromatic rings. The van der Waals surface area contributed by atoms with Crippen LogP contribution in [0.25, 0.3) is 0 Å². The van der Waals surface area contributed by atoms with Crippen LogP contribution < -0.4 is 38.9 Å². The highest BCUT2D eigenvalue weighted by Gasteiger charge is 2.30. The molecule has 0 aliphatic rings. The lowest BCUT2D eigenvalue weighted by atomic mass is 10.0. The molecule has 0 radical (unpaired) electrons. The second kappa shape index (κ2) is 18.7. The maximum atomic E-state index is 13.1. The molecule has 0 saturated heterocycles. The van der Waals surface area contributed by atoms with Gasteiger partial charge in [-0.2, -0.15) is 0 Å². The molecule has 0 rings (SSSR count). The first-order valence-corrected chi connectivity index (χ1v) is 12.6. The molecule has 15 nitrogen and oxygen atoms in total. The summed E-state index contributed by atoms with van der Waals surface area (Å²) in [4.78, 5) is 65.1. The number of hydrogen-bond acceptors (Lipinski definition) is 8. The van der Waals surface area contributed by atoms with Crippen LogP contribution in [0.4, 0.5) is 0 Å². The summed E-state index contributed by atoms with van der Waals surface area (Å²) in [5.41, 5.74) is 21.9. The standard InChI is InChI=1S/C23H44N8O7/c1-13(2)12-14(25)19(34)29-15(6-3-4-10-24)20(35)30-16(8-9-18(32)33)21(36)31-17(22(37)38)7-5-11-28-23(26)27/h13-17H,3-12,24-25H2,1-2H3,(H,29,34)(H,30,35)(H,31,36)(H,32,33)(H,37,38)(H4,26,27,28). The smallest absolute Gasteiger partial charge is 0.326 e. The lowest BCUT2D eigenvalue weighted by molar-refractivity contribution is -0.143. The summed E-state index contributed by atoms with van der Waals surface area (Å²) in [5, 5.41) is 26.0. The van der Waals surface area contributed by atoms with E-state index in [2.05, 4.69) is 20.9 Å². The molecule has 15 heteroatoms. The van der Waals surface area contributed by atoms with E-state index in [1.165, 1.54) is 0 Å². The summed E-state index contributed by atoms with van der Waals surface area (Å²) in [6.07, 6.45) is 1.15. The number of hydrogen-bond donors (Lipinski definition) is 9. The molecule has 0 aliphatic heterocycles. The summed E-state index contributed by atoms with van der Waals surface area (Å²) in [6, 6.07) is -4.59. The zero-order valence-electron chi connectivity index (χ0n) is 22.2. The first kappa shape index (κ1) is 34.5. The number of aliphatic imine (C=N–C) groups is 1. The van der Waals surface area contributed by atoms with E-state index >= 15 is 0 Å². The van der Waals surface area contributed by atoms with Crippen LogP contribution in [-0.4, -0.2) is 83.1 Å². The second-order valence-corrected chi connectivity index (χ2v) is 9.42. The maximum absolute atomic E-state index is 13.1. The number of carbonyl (C=O) groups excluding carboxylic acids is 3. The fraction of sp³-hybridized carbons (Fsp3) is 0.739. The van der Waals surface area contributed by atoms with Crippen molar-refractivity contribution in [2.24, 2.45) is 33.8 Å². The third kappa shape index (κ3) is 15.6. The van der Waals surface area contributed by atoms with Gasteiger partial charge in [0.25, 0.3) is 0 Å². The maximum Gasteiger partial charge on any atom is 0.326 e. The van der Waals surface area contributed by atoms with E-state index in [0.717, 1.165) is 0 Å². The average molecular weight is 545 g/mol. The lowest BCUT2D eigenvalue weighted by Gasteiger charge is -2.25. The molecule has 0 fully saturated rings. The lowest BCUT2D eigenvalue weighted by Crippen LogP contribution is -2.57. The molecule has 0 aromatic heterocycles. The van der Waals surface area contributed by atoms with E-state index < -0.39 is 60.2 Å². The van der Waals surface area contributed by atoms with Gasteiger partial charge in [0.05, 0.1) is 6.04 Å². The molecule has 0 bridgehead atoms. The van der Waals surface area contributed by atoms with E-state index in [0.29, 0.717) is 25.8 Å². The Morgan fingerprint density at radius 3 is 1.82 bits per heavy atom. The molecule has 13 N–H and O–H groups in total. The van der Waals surface area contributed by atoms with Crippen molar-refractivity contribution in [3.05, 3.63) is 0 Å². The van der Waals surface area contributed by atoms with Crippen LogP contribution in [0.3, 0.4) is 0 Å². The molecule has 0 aliphatic carbocycles. The molecule has 0 saturated carbocycles. The van der Waals surface area contributed by atoms with E-state index in [-0.39, 0.29) is 44.1 Å². The highest BCUT2D eigenvalue weighted by atomic mass is 16.4.